The summed E-state index contributed by atoms with van der Waals surface area (Å²) in [6, 6.07) is 17.9. The molecular weight excluding hydrogens is 398 g/mol. The number of carbonyl (C=O) groups is 1. The van der Waals surface area contributed by atoms with Gasteiger partial charge in [-0.05, 0) is 67.5 Å². The highest BCUT2D eigenvalue weighted by Crippen LogP contribution is 2.33. The van der Waals surface area contributed by atoms with Crippen LogP contribution in [-0.2, 0) is 0 Å². The number of thiocarbonyl (C=S) groups is 1. The first kappa shape index (κ1) is 19.6. The van der Waals surface area contributed by atoms with Crippen molar-refractivity contribution in [2.75, 3.05) is 5.32 Å². The van der Waals surface area contributed by atoms with E-state index in [0.717, 1.165) is 16.6 Å². The molecule has 0 aliphatic heterocycles. The molecule has 1 aromatic heterocycles. The molecule has 4 rings (SSSR count). The van der Waals surface area contributed by atoms with Crippen LogP contribution in [0.2, 0.25) is 0 Å². The van der Waals surface area contributed by atoms with Gasteiger partial charge in [0.05, 0.1) is 5.56 Å². The van der Waals surface area contributed by atoms with E-state index < -0.39 is 0 Å². The molecule has 0 atom stereocenters. The van der Waals surface area contributed by atoms with Crippen molar-refractivity contribution in [2.45, 2.75) is 13.8 Å². The minimum absolute atomic E-state index is 0.0173. The molecule has 4 aromatic rings. The van der Waals surface area contributed by atoms with Crippen LogP contribution in [0.5, 0.6) is 5.75 Å². The average Bonchev–Trinajstić information content (AvgIpc) is 3.11. The smallest absolute Gasteiger partial charge is 0.257 e. The average molecular weight is 417 g/mol. The van der Waals surface area contributed by atoms with E-state index in [9.17, 15) is 9.90 Å². The zero-order chi connectivity index (χ0) is 21.3. The predicted molar refractivity (Wildman–Crippen MR) is 121 cm³/mol. The number of benzene rings is 3. The lowest BCUT2D eigenvalue weighted by Crippen LogP contribution is -2.34. The van der Waals surface area contributed by atoms with Gasteiger partial charge in [0.15, 0.2) is 10.7 Å². The number of carbonyl (C=O) groups excluding carboxylic acids is 1. The van der Waals surface area contributed by atoms with E-state index in [2.05, 4.69) is 15.6 Å². The van der Waals surface area contributed by atoms with Crippen LogP contribution in [0.4, 0.5) is 5.69 Å². The number of amides is 1. The van der Waals surface area contributed by atoms with Gasteiger partial charge in [0.25, 0.3) is 5.91 Å². The van der Waals surface area contributed by atoms with Crippen molar-refractivity contribution < 1.29 is 14.3 Å². The Labute approximate surface area is 178 Å². The largest absolute Gasteiger partial charge is 0.507 e. The lowest BCUT2D eigenvalue weighted by Gasteiger charge is -2.11. The summed E-state index contributed by atoms with van der Waals surface area (Å²) < 4.78 is 5.75. The summed E-state index contributed by atoms with van der Waals surface area (Å²) in [5, 5.41) is 16.1. The number of anilines is 1. The maximum absolute atomic E-state index is 12.4. The lowest BCUT2D eigenvalue weighted by atomic mass is 10.1. The Morgan fingerprint density at radius 2 is 1.87 bits per heavy atom. The zero-order valence-corrected chi connectivity index (χ0v) is 17.2. The van der Waals surface area contributed by atoms with Gasteiger partial charge in [0, 0.05) is 17.3 Å². The number of aromatic hydroxyl groups is 1. The van der Waals surface area contributed by atoms with Crippen molar-refractivity contribution >= 4 is 40.0 Å². The fraction of sp³-hybridized carbons (Fsp3) is 0.0870. The van der Waals surface area contributed by atoms with Crippen LogP contribution in [0.25, 0.3) is 22.6 Å². The quantitative estimate of drug-likeness (QED) is 0.409. The molecule has 0 fully saturated rings. The number of hydrogen-bond donors (Lipinski definition) is 3. The van der Waals surface area contributed by atoms with Gasteiger partial charge in [-0.3, -0.25) is 10.1 Å². The van der Waals surface area contributed by atoms with Gasteiger partial charge in [0.2, 0.25) is 5.89 Å². The summed E-state index contributed by atoms with van der Waals surface area (Å²) in [6.45, 7) is 3.84. The van der Waals surface area contributed by atoms with Crippen molar-refractivity contribution in [1.29, 1.82) is 0 Å². The minimum atomic E-state index is -0.298. The van der Waals surface area contributed by atoms with Crippen LogP contribution < -0.4 is 10.6 Å². The molecule has 1 heterocycles. The maximum Gasteiger partial charge on any atom is 0.257 e. The van der Waals surface area contributed by atoms with Crippen molar-refractivity contribution in [3.8, 4) is 17.2 Å². The van der Waals surface area contributed by atoms with Crippen molar-refractivity contribution in [3.63, 3.8) is 0 Å². The van der Waals surface area contributed by atoms with Gasteiger partial charge >= 0.3 is 0 Å². The number of aromatic nitrogens is 1. The first-order valence-corrected chi connectivity index (χ1v) is 9.70. The summed E-state index contributed by atoms with van der Waals surface area (Å²) in [5.41, 5.74) is 4.85. The molecule has 0 saturated carbocycles. The third-order valence-electron chi connectivity index (χ3n) is 4.65. The van der Waals surface area contributed by atoms with Gasteiger partial charge in [-0.25, -0.2) is 4.98 Å². The number of nitrogens with one attached hydrogen (secondary N) is 2. The Kier molecular flexibility index (Phi) is 5.20. The molecule has 0 radical (unpaired) electrons. The first-order chi connectivity index (χ1) is 14.4. The molecule has 0 aliphatic rings. The molecule has 150 valence electrons. The number of fused-ring (bicyclic) bond motifs is 1. The van der Waals surface area contributed by atoms with Gasteiger partial charge in [-0.2, -0.15) is 0 Å². The number of rotatable bonds is 3. The monoisotopic (exact) mass is 417 g/mol. The summed E-state index contributed by atoms with van der Waals surface area (Å²) >= 11 is 5.23. The van der Waals surface area contributed by atoms with Gasteiger partial charge in [-0.1, -0.05) is 24.3 Å². The van der Waals surface area contributed by atoms with Crippen LogP contribution in [-0.4, -0.2) is 21.1 Å². The Bertz CT molecular complexity index is 1280. The van der Waals surface area contributed by atoms with E-state index in [1.165, 1.54) is 6.07 Å². The number of oxazole rings is 1. The second-order valence-corrected chi connectivity index (χ2v) is 7.35. The molecule has 3 aromatic carbocycles. The lowest BCUT2D eigenvalue weighted by molar-refractivity contribution is 0.0977. The van der Waals surface area contributed by atoms with Crippen LogP contribution in [0, 0.1) is 13.8 Å². The standard InChI is InChI=1S/C23H19N3O3S/c1-13-7-10-20-18(11-13)25-22(29-20)17-9-8-15(12-19(17)27)24-23(30)26-21(28)16-6-4-3-5-14(16)2/h3-12,27H,1-2H3,(H2,24,26,28,30). The van der Waals surface area contributed by atoms with Crippen molar-refractivity contribution in [3.05, 3.63) is 77.4 Å². The Balaban J connectivity index is 1.49. The summed E-state index contributed by atoms with van der Waals surface area (Å²) in [4.78, 5) is 16.8. The molecule has 30 heavy (non-hydrogen) atoms. The minimum Gasteiger partial charge on any atom is -0.507 e. The van der Waals surface area contributed by atoms with Gasteiger partial charge < -0.3 is 14.8 Å². The highest BCUT2D eigenvalue weighted by molar-refractivity contribution is 7.80. The molecule has 0 bridgehead atoms. The molecular formula is C23H19N3O3S. The summed E-state index contributed by atoms with van der Waals surface area (Å²) in [7, 11) is 0. The van der Waals surface area contributed by atoms with Crippen LogP contribution in [0.15, 0.2) is 65.1 Å². The molecule has 7 heteroatoms. The van der Waals surface area contributed by atoms with Crippen molar-refractivity contribution in [1.82, 2.24) is 10.3 Å². The number of phenolic OH excluding ortho intramolecular Hbond substituents is 1. The van der Waals surface area contributed by atoms with E-state index in [1.807, 2.05) is 44.2 Å². The highest BCUT2D eigenvalue weighted by Gasteiger charge is 2.14. The predicted octanol–water partition coefficient (Wildman–Crippen LogP) is 4.94. The number of hydrogen-bond acceptors (Lipinski definition) is 5. The second-order valence-electron chi connectivity index (χ2n) is 6.95. The molecule has 0 unspecified atom stereocenters. The second kappa shape index (κ2) is 7.96. The van der Waals surface area contributed by atoms with E-state index in [0.29, 0.717) is 28.3 Å². The zero-order valence-electron chi connectivity index (χ0n) is 16.4. The Hall–Kier alpha value is -3.71. The van der Waals surface area contributed by atoms with E-state index in [1.54, 1.807) is 24.3 Å². The number of phenols is 1. The summed E-state index contributed by atoms with van der Waals surface area (Å²) in [6.07, 6.45) is 0. The SMILES string of the molecule is Cc1ccc2oc(-c3ccc(NC(=S)NC(=O)c4ccccc4C)cc3O)nc2c1. The third kappa shape index (κ3) is 4.01. The first-order valence-electron chi connectivity index (χ1n) is 9.29. The fourth-order valence-corrected chi connectivity index (χ4v) is 3.31. The van der Waals surface area contributed by atoms with E-state index in [4.69, 9.17) is 16.6 Å². The molecule has 0 saturated heterocycles. The Morgan fingerprint density at radius 1 is 1.07 bits per heavy atom. The maximum atomic E-state index is 12.4. The molecule has 3 N–H and O–H groups in total. The van der Waals surface area contributed by atoms with Crippen molar-refractivity contribution in [2.24, 2.45) is 0 Å². The van der Waals surface area contributed by atoms with E-state index in [-0.39, 0.29) is 16.8 Å². The Morgan fingerprint density at radius 3 is 2.63 bits per heavy atom. The van der Waals surface area contributed by atoms with Gasteiger partial charge in [-0.15, -0.1) is 0 Å². The molecule has 1 amide bonds. The highest BCUT2D eigenvalue weighted by atomic mass is 32.1. The summed E-state index contributed by atoms with van der Waals surface area (Å²) in [5.74, 6) is 0.0135. The van der Waals surface area contributed by atoms with Crippen LogP contribution in [0.3, 0.4) is 0 Å². The van der Waals surface area contributed by atoms with Crippen LogP contribution in [0.1, 0.15) is 21.5 Å². The van der Waals surface area contributed by atoms with E-state index >= 15 is 0 Å². The molecule has 0 spiro atoms. The normalized spacial score (nSPS) is 10.7. The van der Waals surface area contributed by atoms with Crippen LogP contribution >= 0.6 is 12.2 Å². The molecule has 0 aliphatic carbocycles. The van der Waals surface area contributed by atoms with Gasteiger partial charge in [0.1, 0.15) is 11.3 Å². The number of aryl methyl sites for hydroxylation is 2. The number of nitrogens with zero attached hydrogens (tertiary/aromatic N) is 1. The topological polar surface area (TPSA) is 87.4 Å². The molecule has 6 nitrogen and oxygen atoms in total. The fourth-order valence-electron chi connectivity index (χ4n) is 3.10. The third-order valence-corrected chi connectivity index (χ3v) is 4.85.